The molecule has 1 atom stereocenters. The fourth-order valence-corrected chi connectivity index (χ4v) is 0.636. The van der Waals surface area contributed by atoms with Crippen LogP contribution in [0, 0.1) is 0 Å². The van der Waals surface area contributed by atoms with Gasteiger partial charge in [0.25, 0.3) is 0 Å². The number of aliphatic hydroxyl groups excluding tert-OH is 2. The quantitative estimate of drug-likeness (QED) is 0.505. The maximum absolute atomic E-state index is 8.84. The molecule has 2 N–H and O–H groups in total. The van der Waals surface area contributed by atoms with Crippen LogP contribution in [0.5, 0.6) is 0 Å². The van der Waals surface area contributed by atoms with Gasteiger partial charge in [-0.05, 0) is 6.42 Å². The molecule has 74 valence electrons. The van der Waals surface area contributed by atoms with Gasteiger partial charge in [-0.3, -0.25) is 0 Å². The first-order chi connectivity index (χ1) is 5.81. The van der Waals surface area contributed by atoms with E-state index in [0.717, 1.165) is 13.0 Å². The topological polar surface area (TPSA) is 58.9 Å². The fraction of sp³-hybridized carbons (Fsp3) is 1.00. The molecule has 1 unspecified atom stereocenters. The second-order valence-corrected chi connectivity index (χ2v) is 2.52. The molecule has 0 bridgehead atoms. The summed E-state index contributed by atoms with van der Waals surface area (Å²) in [6.07, 6.45) is 0.232. The zero-order valence-corrected chi connectivity index (χ0v) is 7.53. The predicted octanol–water partition coefficient (Wildman–Crippen LogP) is -0.217. The molecule has 0 heterocycles. The normalized spacial score (nSPS) is 13.2. The maximum Gasteiger partial charge on any atom is 0.100 e. The Hall–Kier alpha value is -0.160. The van der Waals surface area contributed by atoms with Crippen molar-refractivity contribution in [3.63, 3.8) is 0 Å². The number of hydrogen-bond acceptors (Lipinski definition) is 4. The minimum atomic E-state index is -0.767. The van der Waals surface area contributed by atoms with Gasteiger partial charge in [0, 0.05) is 6.61 Å². The summed E-state index contributed by atoms with van der Waals surface area (Å²) in [4.78, 5) is 0. The van der Waals surface area contributed by atoms with Gasteiger partial charge in [0.1, 0.15) is 6.10 Å². The molecule has 0 aromatic heterocycles. The van der Waals surface area contributed by atoms with Crippen molar-refractivity contribution in [2.24, 2.45) is 0 Å². The van der Waals surface area contributed by atoms with Crippen LogP contribution in [0.3, 0.4) is 0 Å². The standard InChI is InChI=1S/C8H18O4/c1-2-3-11-4-5-12-7-8(10)6-9/h8-10H,2-7H2,1H3. The van der Waals surface area contributed by atoms with Gasteiger partial charge >= 0.3 is 0 Å². The maximum atomic E-state index is 8.84. The average molecular weight is 178 g/mol. The van der Waals surface area contributed by atoms with Crippen molar-refractivity contribution < 1.29 is 19.7 Å². The Morgan fingerprint density at radius 1 is 1.17 bits per heavy atom. The van der Waals surface area contributed by atoms with Crippen LogP contribution in [0.4, 0.5) is 0 Å². The van der Waals surface area contributed by atoms with Crippen LogP contribution >= 0.6 is 0 Å². The highest BCUT2D eigenvalue weighted by Gasteiger charge is 2.00. The van der Waals surface area contributed by atoms with Crippen LogP contribution < -0.4 is 0 Å². The van der Waals surface area contributed by atoms with E-state index >= 15 is 0 Å². The van der Waals surface area contributed by atoms with E-state index in [1.54, 1.807) is 0 Å². The minimum absolute atomic E-state index is 0.173. The highest BCUT2D eigenvalue weighted by molar-refractivity contribution is 4.48. The third kappa shape index (κ3) is 7.94. The van der Waals surface area contributed by atoms with Crippen LogP contribution in [0.15, 0.2) is 0 Å². The molecule has 0 aliphatic carbocycles. The van der Waals surface area contributed by atoms with E-state index in [4.69, 9.17) is 19.7 Å². The van der Waals surface area contributed by atoms with Crippen molar-refractivity contribution in [3.8, 4) is 0 Å². The molecule has 12 heavy (non-hydrogen) atoms. The van der Waals surface area contributed by atoms with E-state index in [2.05, 4.69) is 0 Å². The van der Waals surface area contributed by atoms with Crippen molar-refractivity contribution in [1.29, 1.82) is 0 Å². The molecule has 0 saturated heterocycles. The van der Waals surface area contributed by atoms with Gasteiger partial charge in [0.05, 0.1) is 26.4 Å². The van der Waals surface area contributed by atoms with Gasteiger partial charge in [-0.1, -0.05) is 6.92 Å². The second kappa shape index (κ2) is 8.93. The summed E-state index contributed by atoms with van der Waals surface area (Å²) >= 11 is 0. The lowest BCUT2D eigenvalue weighted by molar-refractivity contribution is -0.0146. The third-order valence-electron chi connectivity index (χ3n) is 1.24. The van der Waals surface area contributed by atoms with Crippen LogP contribution in [-0.2, 0) is 9.47 Å². The van der Waals surface area contributed by atoms with Gasteiger partial charge in [-0.15, -0.1) is 0 Å². The van der Waals surface area contributed by atoms with Gasteiger partial charge in [-0.2, -0.15) is 0 Å². The molecular formula is C8H18O4. The summed E-state index contributed by atoms with van der Waals surface area (Å²) in [5.41, 5.74) is 0. The predicted molar refractivity (Wildman–Crippen MR) is 45.0 cm³/mol. The Morgan fingerprint density at radius 3 is 2.42 bits per heavy atom. The Balaban J connectivity index is 2.90. The molecule has 0 spiro atoms. The Kier molecular flexibility index (Phi) is 8.81. The fourth-order valence-electron chi connectivity index (χ4n) is 0.636. The summed E-state index contributed by atoms with van der Waals surface area (Å²) in [5, 5.41) is 17.3. The Bertz CT molecular complexity index is 87.1. The monoisotopic (exact) mass is 178 g/mol. The second-order valence-electron chi connectivity index (χ2n) is 2.52. The first-order valence-corrected chi connectivity index (χ1v) is 4.25. The molecule has 0 saturated carbocycles. The molecule has 0 aromatic carbocycles. The molecule has 0 aliphatic heterocycles. The van der Waals surface area contributed by atoms with E-state index in [9.17, 15) is 0 Å². The lowest BCUT2D eigenvalue weighted by Crippen LogP contribution is -2.20. The highest BCUT2D eigenvalue weighted by Crippen LogP contribution is 1.85. The number of rotatable bonds is 8. The summed E-state index contributed by atoms with van der Waals surface area (Å²) in [6.45, 7) is 3.72. The van der Waals surface area contributed by atoms with E-state index in [1.165, 1.54) is 0 Å². The SMILES string of the molecule is CCCOCCOCC(O)CO. The van der Waals surface area contributed by atoms with Crippen molar-refractivity contribution in [2.45, 2.75) is 19.4 Å². The van der Waals surface area contributed by atoms with E-state index in [-0.39, 0.29) is 13.2 Å². The summed E-state index contributed by atoms with van der Waals surface area (Å²) in [7, 11) is 0. The molecule has 0 radical (unpaired) electrons. The Labute approximate surface area is 73.1 Å². The van der Waals surface area contributed by atoms with Crippen molar-refractivity contribution in [2.75, 3.05) is 33.0 Å². The van der Waals surface area contributed by atoms with Gasteiger partial charge in [-0.25, -0.2) is 0 Å². The van der Waals surface area contributed by atoms with Gasteiger partial charge in [0.15, 0.2) is 0 Å². The third-order valence-corrected chi connectivity index (χ3v) is 1.24. The Morgan fingerprint density at radius 2 is 1.83 bits per heavy atom. The minimum Gasteiger partial charge on any atom is -0.394 e. The van der Waals surface area contributed by atoms with Crippen LogP contribution in [0.25, 0.3) is 0 Å². The van der Waals surface area contributed by atoms with Crippen LogP contribution in [0.1, 0.15) is 13.3 Å². The summed E-state index contributed by atoms with van der Waals surface area (Å²) < 4.78 is 10.1. The molecule has 4 heteroatoms. The van der Waals surface area contributed by atoms with Crippen molar-refractivity contribution >= 4 is 0 Å². The lowest BCUT2D eigenvalue weighted by atomic mass is 10.4. The van der Waals surface area contributed by atoms with E-state index < -0.39 is 6.10 Å². The number of ether oxygens (including phenoxy) is 2. The zero-order valence-electron chi connectivity index (χ0n) is 7.53. The first-order valence-electron chi connectivity index (χ1n) is 4.25. The van der Waals surface area contributed by atoms with Crippen molar-refractivity contribution in [1.82, 2.24) is 0 Å². The summed E-state index contributed by atoms with van der Waals surface area (Å²) in [5.74, 6) is 0. The smallest absolute Gasteiger partial charge is 0.100 e. The van der Waals surface area contributed by atoms with Gasteiger partial charge < -0.3 is 19.7 Å². The largest absolute Gasteiger partial charge is 0.394 e. The number of aliphatic hydroxyl groups is 2. The molecule has 4 nitrogen and oxygen atoms in total. The van der Waals surface area contributed by atoms with Crippen LogP contribution in [-0.4, -0.2) is 49.4 Å². The molecule has 0 fully saturated rings. The van der Waals surface area contributed by atoms with E-state index in [0.29, 0.717) is 13.2 Å². The zero-order chi connectivity index (χ0) is 9.23. The molecule has 0 aliphatic rings. The molecule has 0 rings (SSSR count). The first kappa shape index (κ1) is 11.8. The lowest BCUT2D eigenvalue weighted by Gasteiger charge is -2.07. The van der Waals surface area contributed by atoms with Crippen molar-refractivity contribution in [3.05, 3.63) is 0 Å². The molecule has 0 aromatic rings. The average Bonchev–Trinajstić information content (AvgIpc) is 2.10. The number of hydrogen-bond donors (Lipinski definition) is 2. The van der Waals surface area contributed by atoms with E-state index in [1.807, 2.05) is 6.92 Å². The molecular weight excluding hydrogens is 160 g/mol. The van der Waals surface area contributed by atoms with Gasteiger partial charge in [0.2, 0.25) is 0 Å². The summed E-state index contributed by atoms with van der Waals surface area (Å²) in [6, 6.07) is 0. The van der Waals surface area contributed by atoms with Crippen LogP contribution in [0.2, 0.25) is 0 Å². The molecule has 0 amide bonds. The highest BCUT2D eigenvalue weighted by atomic mass is 16.5.